The van der Waals surface area contributed by atoms with Crippen molar-refractivity contribution >= 4 is 28.8 Å². The van der Waals surface area contributed by atoms with Crippen molar-refractivity contribution in [2.75, 3.05) is 10.6 Å². The number of anilines is 2. The summed E-state index contributed by atoms with van der Waals surface area (Å²) >= 11 is 0. The van der Waals surface area contributed by atoms with Crippen LogP contribution in [-0.2, 0) is 0 Å². The summed E-state index contributed by atoms with van der Waals surface area (Å²) in [4.78, 5) is 24.9. The Morgan fingerprint density at radius 1 is 0.778 bits per heavy atom. The molecule has 2 aromatic heterocycles. The molecular formula is C20H15N5O2. The summed E-state index contributed by atoms with van der Waals surface area (Å²) in [6.07, 6.45) is 3.28. The number of carbonyl (C=O) groups excluding carboxylic acids is 2. The zero-order chi connectivity index (χ0) is 18.6. The number of hydrogen-bond donors (Lipinski definition) is 2. The number of nitrogens with zero attached hydrogens (tertiary/aromatic N) is 3. The average molecular weight is 357 g/mol. The summed E-state index contributed by atoms with van der Waals surface area (Å²) in [6, 6.07) is 19.2. The topological polar surface area (TPSA) is 88.4 Å². The van der Waals surface area contributed by atoms with Gasteiger partial charge in [-0.05, 0) is 42.5 Å². The number of nitrogens with one attached hydrogen (secondary N) is 2. The zero-order valence-electron chi connectivity index (χ0n) is 14.2. The number of hydrogen-bond acceptors (Lipinski definition) is 4. The molecule has 0 bridgehead atoms. The predicted molar refractivity (Wildman–Crippen MR) is 102 cm³/mol. The molecule has 4 aromatic rings. The van der Waals surface area contributed by atoms with Crippen molar-refractivity contribution in [3.05, 3.63) is 90.4 Å². The lowest BCUT2D eigenvalue weighted by molar-refractivity contribution is 0.102. The van der Waals surface area contributed by atoms with Crippen LogP contribution in [0.3, 0.4) is 0 Å². The van der Waals surface area contributed by atoms with Gasteiger partial charge in [-0.3, -0.25) is 14.0 Å². The second-order valence-corrected chi connectivity index (χ2v) is 5.87. The van der Waals surface area contributed by atoms with Crippen molar-refractivity contribution in [1.29, 1.82) is 0 Å². The van der Waals surface area contributed by atoms with Crippen LogP contribution in [-0.4, -0.2) is 26.4 Å². The number of amides is 2. The SMILES string of the molecule is O=C(Nc1ccccc1)c1cccc(C(=O)Nc2ccc3nncn3c2)c1. The second-order valence-electron chi connectivity index (χ2n) is 5.87. The van der Waals surface area contributed by atoms with E-state index in [9.17, 15) is 9.59 Å². The fraction of sp³-hybridized carbons (Fsp3) is 0. The van der Waals surface area contributed by atoms with Crippen LogP contribution >= 0.6 is 0 Å². The molecule has 132 valence electrons. The Bertz CT molecular complexity index is 1120. The van der Waals surface area contributed by atoms with Gasteiger partial charge in [0.2, 0.25) is 0 Å². The van der Waals surface area contributed by atoms with Gasteiger partial charge >= 0.3 is 0 Å². The molecule has 0 unspecified atom stereocenters. The summed E-state index contributed by atoms with van der Waals surface area (Å²) in [6.45, 7) is 0. The summed E-state index contributed by atoms with van der Waals surface area (Å²) in [5.74, 6) is -0.585. The van der Waals surface area contributed by atoms with Gasteiger partial charge in [0.1, 0.15) is 6.33 Å². The fourth-order valence-electron chi connectivity index (χ4n) is 2.63. The van der Waals surface area contributed by atoms with Crippen LogP contribution in [0.25, 0.3) is 5.65 Å². The van der Waals surface area contributed by atoms with Gasteiger partial charge in [0, 0.05) is 23.0 Å². The zero-order valence-corrected chi connectivity index (χ0v) is 14.2. The lowest BCUT2D eigenvalue weighted by Gasteiger charge is -2.08. The van der Waals surface area contributed by atoms with Crippen LogP contribution in [0.4, 0.5) is 11.4 Å². The minimum absolute atomic E-state index is 0.276. The number of rotatable bonds is 4. The molecule has 2 heterocycles. The van der Waals surface area contributed by atoms with Gasteiger partial charge in [-0.2, -0.15) is 0 Å². The second kappa shape index (κ2) is 7.09. The summed E-state index contributed by atoms with van der Waals surface area (Å²) in [7, 11) is 0. The number of fused-ring (bicyclic) bond motifs is 1. The lowest BCUT2D eigenvalue weighted by atomic mass is 10.1. The number of benzene rings is 2. The van der Waals surface area contributed by atoms with E-state index < -0.39 is 0 Å². The van der Waals surface area contributed by atoms with E-state index in [1.807, 2.05) is 18.2 Å². The first kappa shape index (κ1) is 16.5. The van der Waals surface area contributed by atoms with Crippen LogP contribution in [0.2, 0.25) is 0 Å². The maximum Gasteiger partial charge on any atom is 0.255 e. The first-order valence-electron chi connectivity index (χ1n) is 8.26. The molecule has 2 aromatic carbocycles. The van der Waals surface area contributed by atoms with Gasteiger partial charge in [0.25, 0.3) is 11.8 Å². The van der Waals surface area contributed by atoms with Crippen molar-refractivity contribution in [1.82, 2.24) is 14.6 Å². The smallest absolute Gasteiger partial charge is 0.255 e. The van der Waals surface area contributed by atoms with Crippen LogP contribution in [0.15, 0.2) is 79.3 Å². The van der Waals surface area contributed by atoms with E-state index >= 15 is 0 Å². The molecule has 0 saturated carbocycles. The van der Waals surface area contributed by atoms with Crippen molar-refractivity contribution in [3.8, 4) is 0 Å². The molecule has 0 aliphatic heterocycles. The van der Waals surface area contributed by atoms with E-state index in [0.29, 0.717) is 28.1 Å². The Labute approximate surface area is 154 Å². The predicted octanol–water partition coefficient (Wildman–Crippen LogP) is 3.23. The Morgan fingerprint density at radius 3 is 2.22 bits per heavy atom. The highest BCUT2D eigenvalue weighted by Gasteiger charge is 2.11. The van der Waals surface area contributed by atoms with E-state index in [0.717, 1.165) is 0 Å². The molecule has 4 rings (SSSR count). The van der Waals surface area contributed by atoms with E-state index in [1.165, 1.54) is 0 Å². The summed E-state index contributed by atoms with van der Waals surface area (Å²) in [5, 5.41) is 13.3. The largest absolute Gasteiger partial charge is 0.322 e. The van der Waals surface area contributed by atoms with Crippen LogP contribution < -0.4 is 10.6 Å². The fourth-order valence-corrected chi connectivity index (χ4v) is 2.63. The Hall–Kier alpha value is -4.00. The number of para-hydroxylation sites is 1. The molecule has 0 radical (unpaired) electrons. The molecule has 0 spiro atoms. The van der Waals surface area contributed by atoms with E-state index in [-0.39, 0.29) is 11.8 Å². The summed E-state index contributed by atoms with van der Waals surface area (Å²) in [5.41, 5.74) is 2.78. The van der Waals surface area contributed by atoms with Gasteiger partial charge in [-0.25, -0.2) is 0 Å². The van der Waals surface area contributed by atoms with Crippen molar-refractivity contribution in [2.24, 2.45) is 0 Å². The van der Waals surface area contributed by atoms with Crippen molar-refractivity contribution in [3.63, 3.8) is 0 Å². The Kier molecular flexibility index (Phi) is 4.32. The van der Waals surface area contributed by atoms with Crippen molar-refractivity contribution < 1.29 is 9.59 Å². The number of aromatic nitrogens is 3. The Morgan fingerprint density at radius 2 is 1.48 bits per heavy atom. The third-order valence-corrected chi connectivity index (χ3v) is 3.97. The standard InChI is InChI=1S/C20H15N5O2/c26-19(22-16-7-2-1-3-8-16)14-5-4-6-15(11-14)20(27)23-17-9-10-18-24-21-13-25(18)12-17/h1-13H,(H,22,26)(H,23,27). The van der Waals surface area contributed by atoms with Crippen LogP contribution in [0.1, 0.15) is 20.7 Å². The van der Waals surface area contributed by atoms with Gasteiger partial charge in [-0.1, -0.05) is 24.3 Å². The maximum absolute atomic E-state index is 12.5. The van der Waals surface area contributed by atoms with E-state index in [4.69, 9.17) is 0 Å². The quantitative estimate of drug-likeness (QED) is 0.587. The lowest BCUT2D eigenvalue weighted by Crippen LogP contribution is -2.15. The monoisotopic (exact) mass is 357 g/mol. The molecule has 2 amide bonds. The number of pyridine rings is 1. The molecule has 0 fully saturated rings. The minimum atomic E-state index is -0.309. The van der Waals surface area contributed by atoms with E-state index in [2.05, 4.69) is 20.8 Å². The number of carbonyl (C=O) groups is 2. The Balaban J connectivity index is 1.50. The first-order valence-corrected chi connectivity index (χ1v) is 8.26. The highest BCUT2D eigenvalue weighted by Crippen LogP contribution is 2.14. The van der Waals surface area contributed by atoms with Crippen LogP contribution in [0.5, 0.6) is 0 Å². The average Bonchev–Trinajstić information content (AvgIpc) is 3.16. The van der Waals surface area contributed by atoms with E-state index in [1.54, 1.807) is 65.5 Å². The first-order chi connectivity index (χ1) is 13.2. The normalized spacial score (nSPS) is 10.5. The molecule has 0 aliphatic rings. The van der Waals surface area contributed by atoms with Gasteiger partial charge in [0.05, 0.1) is 5.69 Å². The molecule has 7 nitrogen and oxygen atoms in total. The highest BCUT2D eigenvalue weighted by atomic mass is 16.2. The third kappa shape index (κ3) is 3.67. The third-order valence-electron chi connectivity index (χ3n) is 3.97. The molecule has 2 N–H and O–H groups in total. The molecule has 27 heavy (non-hydrogen) atoms. The van der Waals surface area contributed by atoms with Crippen molar-refractivity contribution in [2.45, 2.75) is 0 Å². The highest BCUT2D eigenvalue weighted by molar-refractivity contribution is 6.08. The van der Waals surface area contributed by atoms with Crippen LogP contribution in [0, 0.1) is 0 Å². The minimum Gasteiger partial charge on any atom is -0.322 e. The molecule has 0 aliphatic carbocycles. The molecule has 7 heteroatoms. The molecular weight excluding hydrogens is 342 g/mol. The molecule has 0 atom stereocenters. The van der Waals surface area contributed by atoms with Gasteiger partial charge in [0.15, 0.2) is 5.65 Å². The maximum atomic E-state index is 12.5. The molecule has 0 saturated heterocycles. The van der Waals surface area contributed by atoms with Gasteiger partial charge in [-0.15, -0.1) is 10.2 Å². The van der Waals surface area contributed by atoms with Gasteiger partial charge < -0.3 is 10.6 Å². The summed E-state index contributed by atoms with van der Waals surface area (Å²) < 4.78 is 1.71.